The van der Waals surface area contributed by atoms with E-state index in [1.54, 1.807) is 48.5 Å². The third-order valence-corrected chi connectivity index (χ3v) is 4.57. The van der Waals surface area contributed by atoms with E-state index in [-0.39, 0.29) is 24.5 Å². The molecule has 31 heavy (non-hydrogen) atoms. The number of barbiturate groups is 1. The summed E-state index contributed by atoms with van der Waals surface area (Å²) >= 11 is 0. The number of imide groups is 2. The monoisotopic (exact) mass is 420 g/mol. The Kier molecular flexibility index (Phi) is 5.61. The molecule has 1 aliphatic heterocycles. The van der Waals surface area contributed by atoms with Crippen molar-refractivity contribution < 1.29 is 27.9 Å². The molecule has 4 amide bonds. The molecule has 0 saturated carbocycles. The molecule has 2 aromatic carbocycles. The highest BCUT2D eigenvalue weighted by atomic mass is 19.1. The van der Waals surface area contributed by atoms with Gasteiger partial charge >= 0.3 is 6.03 Å². The largest absolute Gasteiger partial charge is 0.489 e. The van der Waals surface area contributed by atoms with Gasteiger partial charge in [-0.15, -0.1) is 0 Å². The summed E-state index contributed by atoms with van der Waals surface area (Å²) in [6.45, 7) is 0.133. The van der Waals surface area contributed by atoms with E-state index >= 15 is 0 Å². The molecule has 1 aliphatic rings. The maximum Gasteiger partial charge on any atom is 0.331 e. The molecule has 0 spiro atoms. The molecule has 8 heteroatoms. The van der Waals surface area contributed by atoms with Gasteiger partial charge in [0.25, 0.3) is 11.8 Å². The zero-order valence-corrected chi connectivity index (χ0v) is 16.2. The number of furan rings is 1. The first-order valence-electron chi connectivity index (χ1n) is 9.38. The lowest BCUT2D eigenvalue weighted by atomic mass is 10.1. The summed E-state index contributed by atoms with van der Waals surface area (Å²) in [5.74, 6) is -0.905. The Morgan fingerprint density at radius 2 is 1.84 bits per heavy atom. The van der Waals surface area contributed by atoms with Gasteiger partial charge in [0.15, 0.2) is 0 Å². The van der Waals surface area contributed by atoms with E-state index in [9.17, 15) is 18.8 Å². The van der Waals surface area contributed by atoms with Gasteiger partial charge in [0, 0.05) is 0 Å². The minimum absolute atomic E-state index is 0.0941. The summed E-state index contributed by atoms with van der Waals surface area (Å²) in [6, 6.07) is 15.2. The predicted octanol–water partition coefficient (Wildman–Crippen LogP) is 3.66. The normalized spacial score (nSPS) is 15.3. The minimum atomic E-state index is -0.806. The first-order valence-corrected chi connectivity index (χ1v) is 9.38. The highest BCUT2D eigenvalue weighted by molar-refractivity contribution is 6.30. The Hall–Kier alpha value is -4.20. The van der Waals surface area contributed by atoms with Crippen LogP contribution in [0.5, 0.6) is 5.75 Å². The van der Waals surface area contributed by atoms with Crippen molar-refractivity contribution in [2.75, 3.05) is 0 Å². The molecule has 1 saturated heterocycles. The summed E-state index contributed by atoms with van der Waals surface area (Å²) < 4.78 is 23.9. The molecule has 0 unspecified atom stereocenters. The van der Waals surface area contributed by atoms with Crippen molar-refractivity contribution in [3.8, 4) is 5.75 Å². The Balaban J connectivity index is 1.51. The van der Waals surface area contributed by atoms with Crippen LogP contribution in [-0.2, 0) is 22.7 Å². The van der Waals surface area contributed by atoms with E-state index < -0.39 is 17.8 Å². The van der Waals surface area contributed by atoms with Crippen LogP contribution in [-0.4, -0.2) is 22.7 Å². The van der Waals surface area contributed by atoms with Gasteiger partial charge in [-0.05, 0) is 53.6 Å². The summed E-state index contributed by atoms with van der Waals surface area (Å²) in [5, 5.41) is 2.16. The number of hydrogen-bond acceptors (Lipinski definition) is 5. The molecule has 0 aliphatic carbocycles. The van der Waals surface area contributed by atoms with Crippen molar-refractivity contribution in [2.45, 2.75) is 13.2 Å². The third-order valence-electron chi connectivity index (χ3n) is 4.57. The van der Waals surface area contributed by atoms with E-state index in [4.69, 9.17) is 9.15 Å². The molecule has 7 nitrogen and oxygen atoms in total. The Morgan fingerprint density at radius 1 is 1.03 bits per heavy atom. The molecule has 0 atom stereocenters. The lowest BCUT2D eigenvalue weighted by Gasteiger charge is -2.25. The molecule has 1 aromatic heterocycles. The number of carbonyl (C=O) groups is 3. The van der Waals surface area contributed by atoms with Crippen molar-refractivity contribution >= 4 is 23.9 Å². The fourth-order valence-electron chi connectivity index (χ4n) is 3.00. The Bertz CT molecular complexity index is 1150. The number of carbonyl (C=O) groups excluding carboxylic acids is 3. The van der Waals surface area contributed by atoms with E-state index in [1.807, 2.05) is 0 Å². The zero-order chi connectivity index (χ0) is 21.8. The highest BCUT2D eigenvalue weighted by Gasteiger charge is 2.36. The molecule has 1 fully saturated rings. The van der Waals surface area contributed by atoms with E-state index in [1.165, 1.54) is 24.5 Å². The number of amides is 4. The van der Waals surface area contributed by atoms with Crippen LogP contribution in [0.2, 0.25) is 0 Å². The lowest BCUT2D eigenvalue weighted by Crippen LogP contribution is -2.53. The van der Waals surface area contributed by atoms with Gasteiger partial charge in [-0.3, -0.25) is 19.8 Å². The SMILES string of the molecule is O=C1NC(=O)N(Cc2ccco2)C(=O)C1=Cc1cccc(OCc2ccc(F)cc2)c1. The molecular weight excluding hydrogens is 403 g/mol. The standard InChI is InChI=1S/C23H17FN2O5/c24-17-8-6-15(7-9-17)14-31-18-4-1-3-16(11-18)12-20-21(27)25-23(29)26(22(20)28)13-19-5-2-10-30-19/h1-12H,13-14H2,(H,25,27,29). The second kappa shape index (κ2) is 8.66. The minimum Gasteiger partial charge on any atom is -0.489 e. The van der Waals surface area contributed by atoms with Crippen LogP contribution in [0.1, 0.15) is 16.9 Å². The molecule has 0 bridgehead atoms. The highest BCUT2D eigenvalue weighted by Crippen LogP contribution is 2.21. The Morgan fingerprint density at radius 3 is 2.58 bits per heavy atom. The van der Waals surface area contributed by atoms with Gasteiger partial charge in [0.2, 0.25) is 0 Å². The summed E-state index contributed by atoms with van der Waals surface area (Å²) in [5.41, 5.74) is 1.16. The van der Waals surface area contributed by atoms with Crippen LogP contribution < -0.4 is 10.1 Å². The van der Waals surface area contributed by atoms with E-state index in [0.29, 0.717) is 17.1 Å². The van der Waals surface area contributed by atoms with Crippen LogP contribution in [0.4, 0.5) is 9.18 Å². The topological polar surface area (TPSA) is 88.9 Å². The number of halogens is 1. The fraction of sp³-hybridized carbons (Fsp3) is 0.0870. The smallest absolute Gasteiger partial charge is 0.331 e. The van der Waals surface area contributed by atoms with Crippen molar-refractivity contribution in [1.82, 2.24) is 10.2 Å². The molecule has 2 heterocycles. The maximum atomic E-state index is 13.0. The molecule has 3 aromatic rings. The maximum absolute atomic E-state index is 13.0. The number of hydrogen-bond donors (Lipinski definition) is 1. The second-order valence-electron chi connectivity index (χ2n) is 6.78. The quantitative estimate of drug-likeness (QED) is 0.486. The van der Waals surface area contributed by atoms with Crippen LogP contribution in [0.25, 0.3) is 6.08 Å². The van der Waals surface area contributed by atoms with Crippen molar-refractivity contribution in [3.05, 3.63) is 95.2 Å². The number of urea groups is 1. The zero-order valence-electron chi connectivity index (χ0n) is 16.2. The third kappa shape index (κ3) is 4.69. The summed E-state index contributed by atoms with van der Waals surface area (Å²) in [6.07, 6.45) is 2.82. The van der Waals surface area contributed by atoms with E-state index in [0.717, 1.165) is 10.5 Å². The fourth-order valence-corrected chi connectivity index (χ4v) is 3.00. The summed E-state index contributed by atoms with van der Waals surface area (Å²) in [4.78, 5) is 38.0. The number of ether oxygens (including phenoxy) is 1. The van der Waals surface area contributed by atoms with Gasteiger partial charge < -0.3 is 9.15 Å². The second-order valence-corrected chi connectivity index (χ2v) is 6.78. The van der Waals surface area contributed by atoms with Crippen LogP contribution in [0, 0.1) is 5.82 Å². The van der Waals surface area contributed by atoms with Gasteiger partial charge in [-0.25, -0.2) is 9.18 Å². The molecule has 1 N–H and O–H groups in total. The van der Waals surface area contributed by atoms with Crippen molar-refractivity contribution in [3.63, 3.8) is 0 Å². The van der Waals surface area contributed by atoms with Gasteiger partial charge in [0.05, 0.1) is 12.8 Å². The number of rotatable bonds is 6. The van der Waals surface area contributed by atoms with Crippen LogP contribution >= 0.6 is 0 Å². The van der Waals surface area contributed by atoms with Gasteiger partial charge in [-0.1, -0.05) is 24.3 Å². The Labute approximate surface area is 176 Å². The first kappa shape index (κ1) is 20.1. The van der Waals surface area contributed by atoms with E-state index in [2.05, 4.69) is 5.32 Å². The van der Waals surface area contributed by atoms with Crippen molar-refractivity contribution in [2.24, 2.45) is 0 Å². The molecule has 0 radical (unpaired) electrons. The van der Waals surface area contributed by atoms with Crippen LogP contribution in [0.15, 0.2) is 76.9 Å². The predicted molar refractivity (Wildman–Crippen MR) is 108 cm³/mol. The molecular formula is C23H17FN2O5. The van der Waals surface area contributed by atoms with Gasteiger partial charge in [-0.2, -0.15) is 0 Å². The first-order chi connectivity index (χ1) is 15.0. The average molecular weight is 420 g/mol. The van der Waals surface area contributed by atoms with Gasteiger partial charge in [0.1, 0.15) is 29.5 Å². The molecule has 4 rings (SSSR count). The number of benzene rings is 2. The van der Waals surface area contributed by atoms with Crippen LogP contribution in [0.3, 0.4) is 0 Å². The number of nitrogens with one attached hydrogen (secondary N) is 1. The average Bonchev–Trinajstić information content (AvgIpc) is 3.27. The molecule has 156 valence electrons. The van der Waals surface area contributed by atoms with Crippen molar-refractivity contribution in [1.29, 1.82) is 0 Å². The summed E-state index contributed by atoms with van der Waals surface area (Å²) in [7, 11) is 0. The number of nitrogens with zero attached hydrogens (tertiary/aromatic N) is 1. The lowest BCUT2D eigenvalue weighted by molar-refractivity contribution is -0.130.